The second-order valence-corrected chi connectivity index (χ2v) is 7.48. The number of anilines is 1. The van der Waals surface area contributed by atoms with Crippen molar-refractivity contribution < 1.29 is 14.4 Å². The van der Waals surface area contributed by atoms with E-state index in [-0.39, 0.29) is 12.5 Å². The first-order valence-electron chi connectivity index (χ1n) is 8.37. The van der Waals surface area contributed by atoms with E-state index < -0.39 is 17.5 Å². The summed E-state index contributed by atoms with van der Waals surface area (Å²) in [6, 6.07) is 5.11. The van der Waals surface area contributed by atoms with Crippen LogP contribution in [-0.4, -0.2) is 34.9 Å². The van der Waals surface area contributed by atoms with Gasteiger partial charge in [0, 0.05) is 10.2 Å². The molecule has 1 aliphatic carbocycles. The number of hydrogen-bond donors (Lipinski definition) is 3. The van der Waals surface area contributed by atoms with Crippen LogP contribution >= 0.6 is 15.9 Å². The van der Waals surface area contributed by atoms with E-state index in [1.807, 2.05) is 25.1 Å². The molecular formula is C17H21BrN4O3. The van der Waals surface area contributed by atoms with Gasteiger partial charge in [-0.1, -0.05) is 35.2 Å². The molecule has 1 spiro atoms. The van der Waals surface area contributed by atoms with Crippen LogP contribution in [0, 0.1) is 6.92 Å². The molecule has 3 rings (SSSR count). The van der Waals surface area contributed by atoms with Crippen LogP contribution in [0.25, 0.3) is 0 Å². The summed E-state index contributed by atoms with van der Waals surface area (Å²) in [5, 5.41) is 6.60. The van der Waals surface area contributed by atoms with E-state index in [9.17, 15) is 14.4 Å². The Bertz CT molecular complexity index is 716. The number of rotatable bonds is 4. The molecule has 0 aromatic heterocycles. The van der Waals surface area contributed by atoms with E-state index in [4.69, 9.17) is 0 Å². The Kier molecular flexibility index (Phi) is 4.99. The Morgan fingerprint density at radius 1 is 1.28 bits per heavy atom. The molecule has 8 heteroatoms. The van der Waals surface area contributed by atoms with Gasteiger partial charge >= 0.3 is 6.03 Å². The SMILES string of the molecule is Cc1cc(Br)ccc1NCC(=O)NN1C(=O)NC2(CCCCC2)C1=O. The number of hydrazine groups is 1. The highest BCUT2D eigenvalue weighted by atomic mass is 79.9. The van der Waals surface area contributed by atoms with Gasteiger partial charge in [-0.15, -0.1) is 0 Å². The lowest BCUT2D eigenvalue weighted by molar-refractivity contribution is -0.139. The maximum absolute atomic E-state index is 12.6. The zero-order valence-corrected chi connectivity index (χ0v) is 15.6. The third kappa shape index (κ3) is 3.63. The molecule has 1 saturated carbocycles. The lowest BCUT2D eigenvalue weighted by Gasteiger charge is -2.30. The molecule has 0 bridgehead atoms. The van der Waals surface area contributed by atoms with Gasteiger partial charge in [0.05, 0.1) is 6.54 Å². The summed E-state index contributed by atoms with van der Waals surface area (Å²) in [6.07, 6.45) is 4.12. The number of imide groups is 1. The Hall–Kier alpha value is -2.09. The summed E-state index contributed by atoms with van der Waals surface area (Å²) in [5.41, 5.74) is 3.38. The quantitative estimate of drug-likeness (QED) is 0.667. The van der Waals surface area contributed by atoms with Gasteiger partial charge in [-0.25, -0.2) is 4.79 Å². The highest BCUT2D eigenvalue weighted by molar-refractivity contribution is 9.10. The fourth-order valence-electron chi connectivity index (χ4n) is 3.38. The zero-order valence-electron chi connectivity index (χ0n) is 14.0. The molecule has 134 valence electrons. The summed E-state index contributed by atoms with van der Waals surface area (Å²) in [5.74, 6) is -0.802. The van der Waals surface area contributed by atoms with Gasteiger partial charge in [0.1, 0.15) is 5.54 Å². The number of urea groups is 1. The van der Waals surface area contributed by atoms with Gasteiger partial charge in [0.2, 0.25) is 0 Å². The number of nitrogens with one attached hydrogen (secondary N) is 3. The fourth-order valence-corrected chi connectivity index (χ4v) is 3.86. The number of carbonyl (C=O) groups excluding carboxylic acids is 3. The summed E-state index contributed by atoms with van der Waals surface area (Å²) in [7, 11) is 0. The van der Waals surface area contributed by atoms with Crippen LogP contribution < -0.4 is 16.1 Å². The number of hydrogen-bond acceptors (Lipinski definition) is 4. The molecular weight excluding hydrogens is 388 g/mol. The van der Waals surface area contributed by atoms with Crippen molar-refractivity contribution in [3.8, 4) is 0 Å². The van der Waals surface area contributed by atoms with Crippen LogP contribution in [0.5, 0.6) is 0 Å². The predicted octanol–water partition coefficient (Wildman–Crippen LogP) is 2.46. The largest absolute Gasteiger partial charge is 0.376 e. The first kappa shape index (κ1) is 17.7. The van der Waals surface area contributed by atoms with Crippen molar-refractivity contribution in [3.63, 3.8) is 0 Å². The highest BCUT2D eigenvalue weighted by Crippen LogP contribution is 2.32. The predicted molar refractivity (Wildman–Crippen MR) is 96.7 cm³/mol. The summed E-state index contributed by atoms with van der Waals surface area (Å²) in [4.78, 5) is 36.9. The molecule has 1 aliphatic heterocycles. The van der Waals surface area contributed by atoms with E-state index in [0.717, 1.165) is 40.0 Å². The Morgan fingerprint density at radius 2 is 2.00 bits per heavy atom. The van der Waals surface area contributed by atoms with Gasteiger partial charge in [-0.2, -0.15) is 5.01 Å². The van der Waals surface area contributed by atoms with Crippen molar-refractivity contribution in [3.05, 3.63) is 28.2 Å². The molecule has 1 heterocycles. The van der Waals surface area contributed by atoms with Gasteiger partial charge in [-0.3, -0.25) is 15.0 Å². The maximum atomic E-state index is 12.6. The van der Waals surface area contributed by atoms with E-state index in [1.165, 1.54) is 0 Å². The van der Waals surface area contributed by atoms with E-state index in [2.05, 4.69) is 32.0 Å². The summed E-state index contributed by atoms with van der Waals surface area (Å²) in [6.45, 7) is 1.89. The van der Waals surface area contributed by atoms with Gasteiger partial charge in [-0.05, 0) is 43.5 Å². The van der Waals surface area contributed by atoms with E-state index in [0.29, 0.717) is 12.8 Å². The molecule has 25 heavy (non-hydrogen) atoms. The molecule has 7 nitrogen and oxygen atoms in total. The second kappa shape index (κ2) is 7.03. The highest BCUT2D eigenvalue weighted by Gasteiger charge is 2.52. The van der Waals surface area contributed by atoms with E-state index in [1.54, 1.807) is 0 Å². The maximum Gasteiger partial charge on any atom is 0.344 e. The molecule has 0 radical (unpaired) electrons. The third-order valence-electron chi connectivity index (χ3n) is 4.73. The minimum Gasteiger partial charge on any atom is -0.376 e. The van der Waals surface area contributed by atoms with Gasteiger partial charge in [0.25, 0.3) is 11.8 Å². The standard InChI is InChI=1S/C17H21BrN4O3/c1-11-9-12(18)5-6-13(11)19-10-14(23)21-22-15(24)17(20-16(22)25)7-3-2-4-8-17/h5-6,9,19H,2-4,7-8,10H2,1H3,(H,20,25)(H,21,23). The van der Waals surface area contributed by atoms with Gasteiger partial charge in [0.15, 0.2) is 0 Å². The Labute approximate surface area is 154 Å². The van der Waals surface area contributed by atoms with Crippen molar-refractivity contribution in [2.24, 2.45) is 0 Å². The Morgan fingerprint density at radius 3 is 2.68 bits per heavy atom. The van der Waals surface area contributed by atoms with Crippen LogP contribution in [0.4, 0.5) is 10.5 Å². The molecule has 0 atom stereocenters. The van der Waals surface area contributed by atoms with Crippen molar-refractivity contribution in [2.75, 3.05) is 11.9 Å². The topological polar surface area (TPSA) is 90.5 Å². The normalized spacial score (nSPS) is 19.0. The van der Waals surface area contributed by atoms with Crippen molar-refractivity contribution in [2.45, 2.75) is 44.6 Å². The summed E-state index contributed by atoms with van der Waals surface area (Å²) < 4.78 is 0.956. The molecule has 3 N–H and O–H groups in total. The number of carbonyl (C=O) groups is 3. The lowest BCUT2D eigenvalue weighted by Crippen LogP contribution is -2.51. The smallest absolute Gasteiger partial charge is 0.344 e. The molecule has 2 fully saturated rings. The van der Waals surface area contributed by atoms with Crippen LogP contribution in [0.15, 0.2) is 22.7 Å². The molecule has 1 aromatic rings. The van der Waals surface area contributed by atoms with Crippen LogP contribution in [0.3, 0.4) is 0 Å². The summed E-state index contributed by atoms with van der Waals surface area (Å²) >= 11 is 3.39. The molecule has 1 saturated heterocycles. The number of benzene rings is 1. The minimum absolute atomic E-state index is 0.0352. The number of amides is 4. The number of nitrogens with zero attached hydrogens (tertiary/aromatic N) is 1. The van der Waals surface area contributed by atoms with Crippen molar-refractivity contribution in [1.82, 2.24) is 15.8 Å². The molecule has 1 aromatic carbocycles. The zero-order chi connectivity index (χ0) is 18.0. The number of halogens is 1. The van der Waals surface area contributed by atoms with Crippen LogP contribution in [0.1, 0.15) is 37.7 Å². The second-order valence-electron chi connectivity index (χ2n) is 6.56. The molecule has 0 unspecified atom stereocenters. The van der Waals surface area contributed by atoms with Crippen LogP contribution in [0.2, 0.25) is 0 Å². The first-order valence-corrected chi connectivity index (χ1v) is 9.17. The Balaban J connectivity index is 1.59. The fraction of sp³-hybridized carbons (Fsp3) is 0.471. The van der Waals surface area contributed by atoms with E-state index >= 15 is 0 Å². The minimum atomic E-state index is -0.835. The molecule has 2 aliphatic rings. The lowest BCUT2D eigenvalue weighted by atomic mass is 9.82. The van der Waals surface area contributed by atoms with Crippen molar-refractivity contribution >= 4 is 39.5 Å². The average Bonchev–Trinajstić information content (AvgIpc) is 2.79. The van der Waals surface area contributed by atoms with Crippen molar-refractivity contribution in [1.29, 1.82) is 0 Å². The monoisotopic (exact) mass is 408 g/mol. The van der Waals surface area contributed by atoms with Crippen LogP contribution in [-0.2, 0) is 9.59 Å². The molecule has 4 amide bonds. The first-order chi connectivity index (χ1) is 11.9. The number of aryl methyl sites for hydroxylation is 1. The average molecular weight is 409 g/mol. The van der Waals surface area contributed by atoms with Gasteiger partial charge < -0.3 is 10.6 Å². The third-order valence-corrected chi connectivity index (χ3v) is 5.23.